The lowest BCUT2D eigenvalue weighted by atomic mass is 9.87. The number of carbonyl (C=O) groups is 2. The zero-order valence-electron chi connectivity index (χ0n) is 22.6. The van der Waals surface area contributed by atoms with Crippen molar-refractivity contribution in [3.05, 3.63) is 65.7 Å². The van der Waals surface area contributed by atoms with Crippen molar-refractivity contribution in [2.75, 3.05) is 23.7 Å². The topological polar surface area (TPSA) is 86.8 Å². The Morgan fingerprint density at radius 1 is 0.972 bits per heavy atom. The van der Waals surface area contributed by atoms with Crippen LogP contribution in [0.25, 0.3) is 0 Å². The molecule has 1 N–H and O–H groups in total. The van der Waals surface area contributed by atoms with Gasteiger partial charge < -0.3 is 10.2 Å². The zero-order chi connectivity index (χ0) is 27.1. The Labute approximate surface area is 216 Å². The van der Waals surface area contributed by atoms with Gasteiger partial charge in [-0.1, -0.05) is 84.0 Å². The first-order chi connectivity index (χ1) is 16.7. The van der Waals surface area contributed by atoms with E-state index in [1.807, 2.05) is 63.2 Å². The molecule has 0 aliphatic heterocycles. The molecule has 2 amide bonds. The summed E-state index contributed by atoms with van der Waals surface area (Å²) in [5.74, 6) is -0.409. The van der Waals surface area contributed by atoms with Crippen LogP contribution in [0.1, 0.15) is 59.1 Å². The molecule has 2 rings (SSSR count). The van der Waals surface area contributed by atoms with E-state index in [0.29, 0.717) is 18.7 Å². The molecule has 2 aromatic rings. The number of rotatable bonds is 11. The summed E-state index contributed by atoms with van der Waals surface area (Å²) in [5.41, 5.74) is 2.25. The van der Waals surface area contributed by atoms with E-state index in [0.717, 1.165) is 21.7 Å². The molecule has 1 atom stereocenters. The molecule has 0 bridgehead atoms. The molecular weight excluding hydrogens is 474 g/mol. The molecule has 0 saturated heterocycles. The van der Waals surface area contributed by atoms with E-state index in [1.54, 1.807) is 12.1 Å². The number of amides is 2. The van der Waals surface area contributed by atoms with E-state index in [1.165, 1.54) is 4.90 Å². The van der Waals surface area contributed by atoms with Crippen LogP contribution < -0.4 is 9.62 Å². The van der Waals surface area contributed by atoms with Crippen LogP contribution in [-0.4, -0.2) is 50.5 Å². The zero-order valence-corrected chi connectivity index (χ0v) is 23.4. The van der Waals surface area contributed by atoms with Crippen molar-refractivity contribution in [1.29, 1.82) is 0 Å². The summed E-state index contributed by atoms with van der Waals surface area (Å²) in [6.45, 7) is 12.4. The third-order valence-electron chi connectivity index (χ3n) is 5.97. The Hall–Kier alpha value is -2.87. The smallest absolute Gasteiger partial charge is 0.244 e. The van der Waals surface area contributed by atoms with Gasteiger partial charge in [0.05, 0.1) is 11.9 Å². The number of nitrogens with zero attached hydrogens (tertiary/aromatic N) is 2. The second kappa shape index (κ2) is 12.4. The Morgan fingerprint density at radius 2 is 1.56 bits per heavy atom. The molecule has 0 heterocycles. The van der Waals surface area contributed by atoms with Gasteiger partial charge in [0, 0.05) is 13.1 Å². The summed E-state index contributed by atoms with van der Waals surface area (Å²) >= 11 is 0. The van der Waals surface area contributed by atoms with Crippen LogP contribution in [0.3, 0.4) is 0 Å². The van der Waals surface area contributed by atoms with Gasteiger partial charge in [-0.15, -0.1) is 0 Å². The Morgan fingerprint density at radius 3 is 2.03 bits per heavy atom. The maximum Gasteiger partial charge on any atom is 0.244 e. The van der Waals surface area contributed by atoms with Gasteiger partial charge in [-0.3, -0.25) is 13.9 Å². The van der Waals surface area contributed by atoms with E-state index < -0.39 is 28.5 Å². The number of carbonyl (C=O) groups excluding carboxylic acids is 2. The second-order valence-electron chi connectivity index (χ2n) is 10.6. The molecule has 0 unspecified atom stereocenters. The first-order valence-electron chi connectivity index (χ1n) is 12.4. The third-order valence-corrected chi connectivity index (χ3v) is 7.11. The van der Waals surface area contributed by atoms with E-state index in [2.05, 4.69) is 26.1 Å². The molecule has 0 aliphatic carbocycles. The van der Waals surface area contributed by atoms with Crippen LogP contribution in [0, 0.1) is 5.92 Å². The summed E-state index contributed by atoms with van der Waals surface area (Å²) in [5, 5.41) is 2.93. The minimum absolute atomic E-state index is 0.0888. The van der Waals surface area contributed by atoms with Crippen molar-refractivity contribution in [2.45, 2.75) is 66.0 Å². The number of sulfonamides is 1. The molecule has 0 fully saturated rings. The van der Waals surface area contributed by atoms with E-state index in [-0.39, 0.29) is 23.8 Å². The van der Waals surface area contributed by atoms with Crippen molar-refractivity contribution in [3.8, 4) is 0 Å². The molecule has 7 nitrogen and oxygen atoms in total. The molecule has 36 heavy (non-hydrogen) atoms. The minimum Gasteiger partial charge on any atom is -0.354 e. The normalized spacial score (nSPS) is 12.8. The van der Waals surface area contributed by atoms with Gasteiger partial charge in [0.25, 0.3) is 0 Å². The highest BCUT2D eigenvalue weighted by Crippen LogP contribution is 2.26. The maximum atomic E-state index is 13.7. The molecule has 0 spiro atoms. The fraction of sp³-hybridized carbons (Fsp3) is 0.500. The lowest BCUT2D eigenvalue weighted by molar-refractivity contribution is -0.140. The molecule has 0 saturated carbocycles. The van der Waals surface area contributed by atoms with Crippen LogP contribution in [0.4, 0.5) is 5.69 Å². The van der Waals surface area contributed by atoms with Crippen molar-refractivity contribution in [3.63, 3.8) is 0 Å². The number of hydrogen-bond acceptors (Lipinski definition) is 4. The Bertz CT molecular complexity index is 1110. The molecule has 0 aliphatic rings. The Balaban J connectivity index is 2.40. The molecular formula is C28H41N3O4S. The van der Waals surface area contributed by atoms with Crippen LogP contribution in [0.5, 0.6) is 0 Å². The first-order valence-corrected chi connectivity index (χ1v) is 14.3. The molecule has 198 valence electrons. The highest BCUT2D eigenvalue weighted by atomic mass is 32.2. The number of hydrogen-bond donors (Lipinski definition) is 1. The maximum absolute atomic E-state index is 13.7. The van der Waals surface area contributed by atoms with Gasteiger partial charge in [0.1, 0.15) is 12.6 Å². The van der Waals surface area contributed by atoms with Gasteiger partial charge in [0.2, 0.25) is 21.8 Å². The third kappa shape index (κ3) is 8.36. The van der Waals surface area contributed by atoms with Gasteiger partial charge >= 0.3 is 0 Å². The van der Waals surface area contributed by atoms with Crippen LogP contribution >= 0.6 is 0 Å². The summed E-state index contributed by atoms with van der Waals surface area (Å²) < 4.78 is 26.6. The largest absolute Gasteiger partial charge is 0.354 e. The van der Waals surface area contributed by atoms with Crippen molar-refractivity contribution < 1.29 is 18.0 Å². The molecule has 2 aromatic carbocycles. The van der Waals surface area contributed by atoms with Gasteiger partial charge in [-0.2, -0.15) is 0 Å². The standard InChI is InChI=1S/C28H41N3O4S/c1-8-25(27(33)29-18-21(2)3)30(19-22-12-10-9-11-13-22)26(32)20-31(36(7,34)35)24-16-14-23(15-17-24)28(4,5)6/h9-17,21,25H,8,18-20H2,1-7H3,(H,29,33)/t25-/m0/s1. The Kier molecular flexibility index (Phi) is 10.1. The summed E-state index contributed by atoms with van der Waals surface area (Å²) in [6.07, 6.45) is 1.49. The quantitative estimate of drug-likeness (QED) is 0.483. The molecule has 8 heteroatoms. The SMILES string of the molecule is CC[C@@H](C(=O)NCC(C)C)N(Cc1ccccc1)C(=O)CN(c1ccc(C(C)(C)C)cc1)S(C)(=O)=O. The van der Waals surface area contributed by atoms with Gasteiger partial charge in [-0.05, 0) is 41.0 Å². The monoisotopic (exact) mass is 515 g/mol. The average Bonchev–Trinajstić information content (AvgIpc) is 2.80. The second-order valence-corrected chi connectivity index (χ2v) is 12.5. The number of nitrogens with one attached hydrogen (secondary N) is 1. The summed E-state index contributed by atoms with van der Waals surface area (Å²) in [7, 11) is -3.76. The van der Waals surface area contributed by atoms with Crippen LogP contribution in [-0.2, 0) is 31.6 Å². The first kappa shape index (κ1) is 29.4. The van der Waals surface area contributed by atoms with E-state index in [4.69, 9.17) is 0 Å². The van der Waals surface area contributed by atoms with Crippen molar-refractivity contribution in [2.24, 2.45) is 5.92 Å². The van der Waals surface area contributed by atoms with E-state index >= 15 is 0 Å². The van der Waals surface area contributed by atoms with Crippen molar-refractivity contribution in [1.82, 2.24) is 10.2 Å². The highest BCUT2D eigenvalue weighted by molar-refractivity contribution is 7.92. The average molecular weight is 516 g/mol. The molecule has 0 aromatic heterocycles. The number of benzene rings is 2. The fourth-order valence-corrected chi connectivity index (χ4v) is 4.71. The predicted molar refractivity (Wildman–Crippen MR) is 146 cm³/mol. The lowest BCUT2D eigenvalue weighted by Gasteiger charge is -2.33. The predicted octanol–water partition coefficient (Wildman–Crippen LogP) is 4.33. The number of anilines is 1. The minimum atomic E-state index is -3.76. The summed E-state index contributed by atoms with van der Waals surface area (Å²) in [6, 6.07) is 15.9. The molecule has 0 radical (unpaired) electrons. The van der Waals surface area contributed by atoms with E-state index in [9.17, 15) is 18.0 Å². The highest BCUT2D eigenvalue weighted by Gasteiger charge is 2.31. The van der Waals surface area contributed by atoms with Crippen LogP contribution in [0.2, 0.25) is 0 Å². The van der Waals surface area contributed by atoms with Gasteiger partial charge in [0.15, 0.2) is 0 Å². The van der Waals surface area contributed by atoms with Gasteiger partial charge in [-0.25, -0.2) is 8.42 Å². The summed E-state index contributed by atoms with van der Waals surface area (Å²) in [4.78, 5) is 28.2. The van der Waals surface area contributed by atoms with Crippen LogP contribution in [0.15, 0.2) is 54.6 Å². The van der Waals surface area contributed by atoms with Crippen molar-refractivity contribution >= 4 is 27.5 Å². The fourth-order valence-electron chi connectivity index (χ4n) is 3.86. The lowest BCUT2D eigenvalue weighted by Crippen LogP contribution is -2.52.